The van der Waals surface area contributed by atoms with Gasteiger partial charge in [0.2, 0.25) is 0 Å². The van der Waals surface area contributed by atoms with E-state index in [1.807, 2.05) is 37.3 Å². The molecular formula is C24H18ClN5O2. The molecule has 0 N–H and O–H groups in total. The largest absolute Gasteiger partial charge is 0.465 e. The summed E-state index contributed by atoms with van der Waals surface area (Å²) >= 11 is 6.28. The molecule has 158 valence electrons. The van der Waals surface area contributed by atoms with Gasteiger partial charge in [-0.2, -0.15) is 0 Å². The molecule has 5 rings (SSSR count). The molecule has 0 saturated carbocycles. The van der Waals surface area contributed by atoms with Crippen LogP contribution in [-0.2, 0) is 11.3 Å². The highest BCUT2D eigenvalue weighted by Gasteiger charge is 2.14. The summed E-state index contributed by atoms with van der Waals surface area (Å²) in [7, 11) is 1.32. The van der Waals surface area contributed by atoms with E-state index >= 15 is 0 Å². The molecule has 2 aromatic carbocycles. The number of esters is 1. The minimum atomic E-state index is -0.479. The Morgan fingerprint density at radius 2 is 1.84 bits per heavy atom. The molecule has 0 amide bonds. The van der Waals surface area contributed by atoms with Gasteiger partial charge in [-0.3, -0.25) is 4.98 Å². The molecule has 0 atom stereocenters. The van der Waals surface area contributed by atoms with Gasteiger partial charge < -0.3 is 4.74 Å². The van der Waals surface area contributed by atoms with Crippen molar-refractivity contribution in [3.8, 4) is 11.3 Å². The van der Waals surface area contributed by atoms with Crippen molar-refractivity contribution in [1.29, 1.82) is 0 Å². The maximum absolute atomic E-state index is 11.8. The summed E-state index contributed by atoms with van der Waals surface area (Å²) in [4.78, 5) is 21.1. The highest BCUT2D eigenvalue weighted by Crippen LogP contribution is 2.26. The van der Waals surface area contributed by atoms with Gasteiger partial charge in [-0.25, -0.2) is 14.5 Å². The number of ether oxygens (including phenoxy) is 1. The number of rotatable bonds is 4. The monoisotopic (exact) mass is 443 g/mol. The van der Waals surface area contributed by atoms with E-state index in [1.54, 1.807) is 22.9 Å². The number of carbonyl (C=O) groups excluding carboxylic acids is 1. The van der Waals surface area contributed by atoms with Crippen LogP contribution in [0, 0.1) is 6.92 Å². The molecule has 8 heteroatoms. The Morgan fingerprint density at radius 3 is 2.66 bits per heavy atom. The average molecular weight is 444 g/mol. The van der Waals surface area contributed by atoms with Crippen LogP contribution in [0.3, 0.4) is 0 Å². The van der Waals surface area contributed by atoms with Crippen LogP contribution in [0.1, 0.15) is 21.6 Å². The second kappa shape index (κ2) is 8.01. The van der Waals surface area contributed by atoms with Crippen molar-refractivity contribution in [3.05, 3.63) is 82.5 Å². The zero-order valence-electron chi connectivity index (χ0n) is 17.4. The van der Waals surface area contributed by atoms with Crippen molar-refractivity contribution in [2.45, 2.75) is 13.5 Å². The predicted molar refractivity (Wildman–Crippen MR) is 123 cm³/mol. The molecule has 0 fully saturated rings. The second-order valence-electron chi connectivity index (χ2n) is 7.45. The van der Waals surface area contributed by atoms with Gasteiger partial charge in [0, 0.05) is 16.6 Å². The van der Waals surface area contributed by atoms with Crippen LogP contribution >= 0.6 is 11.6 Å². The molecule has 0 unspecified atom stereocenters. The molecule has 0 saturated heterocycles. The fraction of sp³-hybridized carbons (Fsp3) is 0.125. The Labute approximate surface area is 188 Å². The molecule has 5 aromatic rings. The Bertz CT molecular complexity index is 1500. The predicted octanol–water partition coefficient (Wildman–Crippen LogP) is 4.84. The van der Waals surface area contributed by atoms with Gasteiger partial charge in [-0.05, 0) is 55.0 Å². The van der Waals surface area contributed by atoms with Crippen molar-refractivity contribution in [2.75, 3.05) is 7.11 Å². The van der Waals surface area contributed by atoms with Crippen molar-refractivity contribution < 1.29 is 9.53 Å². The summed E-state index contributed by atoms with van der Waals surface area (Å²) < 4.78 is 6.52. The zero-order chi connectivity index (χ0) is 22.2. The maximum atomic E-state index is 11.8. The number of fused-ring (bicyclic) bond motifs is 2. The lowest BCUT2D eigenvalue weighted by molar-refractivity contribution is 0.0601. The van der Waals surface area contributed by atoms with Gasteiger partial charge in [0.05, 0.1) is 35.5 Å². The molecule has 7 nitrogen and oxygen atoms in total. The van der Waals surface area contributed by atoms with Crippen LogP contribution in [0.4, 0.5) is 0 Å². The van der Waals surface area contributed by atoms with Crippen LogP contribution in [0.5, 0.6) is 0 Å². The van der Waals surface area contributed by atoms with Crippen LogP contribution < -0.4 is 0 Å². The van der Waals surface area contributed by atoms with E-state index in [2.05, 4.69) is 27.4 Å². The summed E-state index contributed by atoms with van der Waals surface area (Å²) in [5, 5.41) is 9.91. The number of methoxy groups -OCH3 is 1. The van der Waals surface area contributed by atoms with Gasteiger partial charge in [0.1, 0.15) is 5.52 Å². The lowest BCUT2D eigenvalue weighted by Gasteiger charge is -2.07. The van der Waals surface area contributed by atoms with Crippen LogP contribution in [0.2, 0.25) is 5.02 Å². The number of pyridine rings is 2. The van der Waals surface area contributed by atoms with Gasteiger partial charge in [0.15, 0.2) is 5.65 Å². The van der Waals surface area contributed by atoms with E-state index in [0.717, 1.165) is 27.7 Å². The SMILES string of the molecule is COC(=O)c1ccc(-c2ccc3nnn(Cc4ccc5nc(C)ccc5c4)c3n2)cc1Cl. The van der Waals surface area contributed by atoms with E-state index in [1.165, 1.54) is 7.11 Å². The quantitative estimate of drug-likeness (QED) is 0.370. The summed E-state index contributed by atoms with van der Waals surface area (Å²) in [5.74, 6) is -0.479. The number of hydrogen-bond acceptors (Lipinski definition) is 6. The number of hydrogen-bond donors (Lipinski definition) is 0. The van der Waals surface area contributed by atoms with Gasteiger partial charge in [-0.15, -0.1) is 5.10 Å². The number of aromatic nitrogens is 5. The fourth-order valence-corrected chi connectivity index (χ4v) is 3.88. The highest BCUT2D eigenvalue weighted by atomic mass is 35.5. The molecule has 3 heterocycles. The molecule has 0 spiro atoms. The third-order valence-corrected chi connectivity index (χ3v) is 5.57. The van der Waals surface area contributed by atoms with Crippen molar-refractivity contribution in [2.24, 2.45) is 0 Å². The highest BCUT2D eigenvalue weighted by molar-refractivity contribution is 6.33. The zero-order valence-corrected chi connectivity index (χ0v) is 18.2. The summed E-state index contributed by atoms with van der Waals surface area (Å²) in [6.07, 6.45) is 0. The van der Waals surface area contributed by atoms with Crippen LogP contribution in [0.25, 0.3) is 33.3 Å². The van der Waals surface area contributed by atoms with E-state index in [9.17, 15) is 4.79 Å². The Hall–Kier alpha value is -3.84. The smallest absolute Gasteiger partial charge is 0.339 e. The molecule has 0 aliphatic heterocycles. The number of halogens is 1. The number of aryl methyl sites for hydroxylation is 1. The van der Waals surface area contributed by atoms with Crippen molar-refractivity contribution in [3.63, 3.8) is 0 Å². The average Bonchev–Trinajstić information content (AvgIpc) is 3.20. The van der Waals surface area contributed by atoms with Crippen molar-refractivity contribution >= 4 is 39.6 Å². The number of nitrogens with zero attached hydrogens (tertiary/aromatic N) is 5. The maximum Gasteiger partial charge on any atom is 0.339 e. The van der Waals surface area contributed by atoms with Gasteiger partial charge in [-0.1, -0.05) is 35.0 Å². The van der Waals surface area contributed by atoms with Crippen LogP contribution in [-0.4, -0.2) is 38.0 Å². The minimum Gasteiger partial charge on any atom is -0.465 e. The van der Waals surface area contributed by atoms with Crippen LogP contribution in [0.15, 0.2) is 60.7 Å². The van der Waals surface area contributed by atoms with E-state index in [4.69, 9.17) is 21.3 Å². The topological polar surface area (TPSA) is 82.8 Å². The van der Waals surface area contributed by atoms with E-state index < -0.39 is 5.97 Å². The second-order valence-corrected chi connectivity index (χ2v) is 7.86. The lowest BCUT2D eigenvalue weighted by Crippen LogP contribution is -2.04. The molecule has 3 aromatic heterocycles. The Balaban J connectivity index is 1.50. The molecule has 0 bridgehead atoms. The normalized spacial score (nSPS) is 11.2. The summed E-state index contributed by atoms with van der Waals surface area (Å²) in [6.45, 7) is 2.51. The fourth-order valence-electron chi connectivity index (χ4n) is 3.62. The number of carbonyl (C=O) groups is 1. The van der Waals surface area contributed by atoms with Gasteiger partial charge >= 0.3 is 5.97 Å². The van der Waals surface area contributed by atoms with E-state index in [-0.39, 0.29) is 0 Å². The molecule has 0 aliphatic carbocycles. The molecule has 0 aliphatic rings. The Morgan fingerprint density at radius 1 is 1.00 bits per heavy atom. The third-order valence-electron chi connectivity index (χ3n) is 5.25. The third kappa shape index (κ3) is 3.67. The first-order valence-corrected chi connectivity index (χ1v) is 10.3. The molecular weight excluding hydrogens is 426 g/mol. The first kappa shape index (κ1) is 20.1. The first-order valence-electron chi connectivity index (χ1n) is 9.96. The number of benzene rings is 2. The van der Waals surface area contributed by atoms with Gasteiger partial charge in [0.25, 0.3) is 0 Å². The summed E-state index contributed by atoms with van der Waals surface area (Å²) in [6, 6.07) is 19.1. The Kier molecular flexibility index (Phi) is 5.03. The molecule has 32 heavy (non-hydrogen) atoms. The van der Waals surface area contributed by atoms with E-state index in [0.29, 0.717) is 34.0 Å². The lowest BCUT2D eigenvalue weighted by atomic mass is 10.1. The first-order chi connectivity index (χ1) is 15.5. The minimum absolute atomic E-state index is 0.308. The molecule has 0 radical (unpaired) electrons. The summed E-state index contributed by atoms with van der Waals surface area (Å²) in [5.41, 5.74) is 6.19. The van der Waals surface area contributed by atoms with Crippen molar-refractivity contribution in [1.82, 2.24) is 25.0 Å². The standard InChI is InChI=1S/C24H18ClN5O2/c1-14-3-5-16-11-15(4-8-20(16)26-14)13-30-23-22(28-29-30)10-9-21(27-23)17-6-7-18(19(25)12-17)24(31)32-2/h3-12H,13H2,1-2H3.